The summed E-state index contributed by atoms with van der Waals surface area (Å²) in [5.41, 5.74) is 0.461. The maximum atomic E-state index is 12.8. The molecule has 0 unspecified atom stereocenters. The molecule has 0 aromatic heterocycles. The van der Waals surface area contributed by atoms with Gasteiger partial charge in [0.1, 0.15) is 29.0 Å². The van der Waals surface area contributed by atoms with Crippen LogP contribution in [0.4, 0.5) is 10.1 Å². The number of carbonyl (C=O) groups excluding carboxylic acids is 1. The fourth-order valence-corrected chi connectivity index (χ4v) is 1.81. The molecule has 0 aliphatic heterocycles. The summed E-state index contributed by atoms with van der Waals surface area (Å²) in [5.74, 6) is -0.753. The predicted molar refractivity (Wildman–Crippen MR) is 83.3 cm³/mol. The van der Waals surface area contributed by atoms with Gasteiger partial charge in [0.05, 0.1) is 7.11 Å². The lowest BCUT2D eigenvalue weighted by Gasteiger charge is -2.06. The highest BCUT2D eigenvalue weighted by molar-refractivity contribution is 6.09. The molecule has 0 radical (unpaired) electrons. The number of phenols is 1. The van der Waals surface area contributed by atoms with Crippen molar-refractivity contribution in [3.05, 3.63) is 59.4 Å². The van der Waals surface area contributed by atoms with Crippen LogP contribution in [0, 0.1) is 17.1 Å². The second-order valence-electron chi connectivity index (χ2n) is 4.56. The van der Waals surface area contributed by atoms with Crippen molar-refractivity contribution >= 4 is 17.7 Å². The highest BCUT2D eigenvalue weighted by atomic mass is 19.1. The van der Waals surface area contributed by atoms with Crippen molar-refractivity contribution in [1.29, 1.82) is 5.26 Å². The Morgan fingerprint density at radius 1 is 1.30 bits per heavy atom. The molecule has 1 amide bonds. The average molecular weight is 312 g/mol. The van der Waals surface area contributed by atoms with Crippen LogP contribution in [0.3, 0.4) is 0 Å². The quantitative estimate of drug-likeness (QED) is 0.671. The molecule has 0 spiro atoms. The Hall–Kier alpha value is -3.33. The molecule has 6 heteroatoms. The predicted octanol–water partition coefficient (Wildman–Crippen LogP) is 3.09. The number of methoxy groups -OCH3 is 1. The highest BCUT2D eigenvalue weighted by Crippen LogP contribution is 2.25. The van der Waals surface area contributed by atoms with Gasteiger partial charge in [-0.15, -0.1) is 0 Å². The van der Waals surface area contributed by atoms with Crippen molar-refractivity contribution in [2.75, 3.05) is 12.4 Å². The van der Waals surface area contributed by atoms with Gasteiger partial charge in [-0.05, 0) is 42.5 Å². The number of carbonyl (C=O) groups is 1. The molecular formula is C17H13FN2O3. The van der Waals surface area contributed by atoms with Crippen LogP contribution in [0.15, 0.2) is 48.0 Å². The lowest BCUT2D eigenvalue weighted by molar-refractivity contribution is -0.112. The van der Waals surface area contributed by atoms with E-state index in [4.69, 9.17) is 10.00 Å². The molecule has 2 N–H and O–H groups in total. The Labute approximate surface area is 132 Å². The molecule has 0 aliphatic carbocycles. The number of phenolic OH excluding ortho intramolecular Hbond substituents is 1. The van der Waals surface area contributed by atoms with Gasteiger partial charge in [0.15, 0.2) is 0 Å². The zero-order chi connectivity index (χ0) is 16.8. The first-order valence-corrected chi connectivity index (χ1v) is 6.59. The van der Waals surface area contributed by atoms with Crippen LogP contribution < -0.4 is 10.1 Å². The maximum absolute atomic E-state index is 12.8. The topological polar surface area (TPSA) is 82.3 Å². The third kappa shape index (κ3) is 4.08. The first kappa shape index (κ1) is 16.0. The Kier molecular flexibility index (Phi) is 4.95. The minimum atomic E-state index is -0.658. The van der Waals surface area contributed by atoms with Crippen molar-refractivity contribution in [2.45, 2.75) is 0 Å². The molecule has 0 saturated heterocycles. The lowest BCUT2D eigenvalue weighted by atomic mass is 10.1. The molecule has 2 aromatic rings. The van der Waals surface area contributed by atoms with E-state index in [1.54, 1.807) is 12.1 Å². The average Bonchev–Trinajstić information content (AvgIpc) is 2.55. The minimum absolute atomic E-state index is 0.119. The number of anilines is 1. The van der Waals surface area contributed by atoms with Gasteiger partial charge in [0.2, 0.25) is 0 Å². The van der Waals surface area contributed by atoms with Crippen LogP contribution >= 0.6 is 0 Å². The van der Waals surface area contributed by atoms with E-state index in [0.29, 0.717) is 17.0 Å². The smallest absolute Gasteiger partial charge is 0.266 e. The molecule has 0 atom stereocenters. The summed E-state index contributed by atoms with van der Waals surface area (Å²) in [4.78, 5) is 12.1. The van der Waals surface area contributed by atoms with Gasteiger partial charge in [-0.1, -0.05) is 0 Å². The standard InChI is InChI=1S/C17H13FN2O3/c1-23-15-7-2-11(16(21)9-15)8-12(10-19)17(22)20-14-5-3-13(18)4-6-14/h2-9,21H,1H3,(H,20,22)/b12-8+. The Morgan fingerprint density at radius 3 is 2.57 bits per heavy atom. The van der Waals surface area contributed by atoms with E-state index >= 15 is 0 Å². The second-order valence-corrected chi connectivity index (χ2v) is 4.56. The first-order chi connectivity index (χ1) is 11.0. The molecule has 5 nitrogen and oxygen atoms in total. The summed E-state index contributed by atoms with van der Waals surface area (Å²) >= 11 is 0. The fourth-order valence-electron chi connectivity index (χ4n) is 1.81. The van der Waals surface area contributed by atoms with Gasteiger partial charge in [0.25, 0.3) is 5.91 Å². The number of rotatable bonds is 4. The van der Waals surface area contributed by atoms with E-state index in [1.807, 2.05) is 0 Å². The number of nitriles is 1. The molecule has 0 fully saturated rings. The van der Waals surface area contributed by atoms with Gasteiger partial charge < -0.3 is 15.2 Å². The van der Waals surface area contributed by atoms with Gasteiger partial charge in [-0.3, -0.25) is 4.79 Å². The monoisotopic (exact) mass is 312 g/mol. The van der Waals surface area contributed by atoms with Crippen molar-refractivity contribution in [3.63, 3.8) is 0 Å². The molecule has 0 heterocycles. The van der Waals surface area contributed by atoms with E-state index in [9.17, 15) is 14.3 Å². The van der Waals surface area contributed by atoms with Gasteiger partial charge in [0, 0.05) is 17.3 Å². The summed E-state index contributed by atoms with van der Waals surface area (Å²) in [7, 11) is 1.46. The number of nitrogens with one attached hydrogen (secondary N) is 1. The molecule has 0 aliphatic rings. The number of hydrogen-bond acceptors (Lipinski definition) is 4. The summed E-state index contributed by atoms with van der Waals surface area (Å²) in [6.07, 6.45) is 1.26. The SMILES string of the molecule is COc1ccc(/C=C(\C#N)C(=O)Nc2ccc(F)cc2)c(O)c1. The number of amides is 1. The first-order valence-electron chi connectivity index (χ1n) is 6.59. The number of ether oxygens (including phenoxy) is 1. The van der Waals surface area contributed by atoms with Gasteiger partial charge in [-0.25, -0.2) is 4.39 Å². The lowest BCUT2D eigenvalue weighted by Crippen LogP contribution is -2.13. The molecule has 2 rings (SSSR count). The van der Waals surface area contributed by atoms with Gasteiger partial charge in [-0.2, -0.15) is 5.26 Å². The second kappa shape index (κ2) is 7.09. The van der Waals surface area contributed by atoms with Gasteiger partial charge >= 0.3 is 0 Å². The molecular weight excluding hydrogens is 299 g/mol. The fraction of sp³-hybridized carbons (Fsp3) is 0.0588. The van der Waals surface area contributed by atoms with Crippen LogP contribution in [0.5, 0.6) is 11.5 Å². The molecule has 2 aromatic carbocycles. The summed E-state index contributed by atoms with van der Waals surface area (Å²) in [6, 6.07) is 11.4. The van der Waals surface area contributed by atoms with Crippen LogP contribution in [0.2, 0.25) is 0 Å². The van der Waals surface area contributed by atoms with Crippen LogP contribution in [0.1, 0.15) is 5.56 Å². The van der Waals surface area contributed by atoms with Crippen molar-refractivity contribution < 1.29 is 19.0 Å². The number of nitrogens with zero attached hydrogens (tertiary/aromatic N) is 1. The molecule has 23 heavy (non-hydrogen) atoms. The normalized spacial score (nSPS) is 10.7. The Morgan fingerprint density at radius 2 is 2.00 bits per heavy atom. The third-order valence-corrected chi connectivity index (χ3v) is 3.00. The Bertz CT molecular complexity index is 792. The maximum Gasteiger partial charge on any atom is 0.266 e. The summed E-state index contributed by atoms with van der Waals surface area (Å²) in [6.45, 7) is 0. The molecule has 0 saturated carbocycles. The van der Waals surface area contributed by atoms with Crippen molar-refractivity contribution in [2.24, 2.45) is 0 Å². The van der Waals surface area contributed by atoms with E-state index in [0.717, 1.165) is 0 Å². The third-order valence-electron chi connectivity index (χ3n) is 3.00. The molecule has 116 valence electrons. The van der Waals surface area contributed by atoms with Crippen molar-refractivity contribution in [1.82, 2.24) is 0 Å². The van der Waals surface area contributed by atoms with E-state index in [-0.39, 0.29) is 11.3 Å². The van der Waals surface area contributed by atoms with E-state index < -0.39 is 11.7 Å². The highest BCUT2D eigenvalue weighted by Gasteiger charge is 2.11. The van der Waals surface area contributed by atoms with Crippen LogP contribution in [-0.2, 0) is 4.79 Å². The Balaban J connectivity index is 2.23. The summed E-state index contributed by atoms with van der Waals surface area (Å²) in [5, 5.41) is 21.5. The van der Waals surface area contributed by atoms with Crippen LogP contribution in [-0.4, -0.2) is 18.1 Å². The summed E-state index contributed by atoms with van der Waals surface area (Å²) < 4.78 is 17.8. The number of hydrogen-bond donors (Lipinski definition) is 2. The minimum Gasteiger partial charge on any atom is -0.507 e. The van der Waals surface area contributed by atoms with E-state index in [1.165, 1.54) is 49.6 Å². The van der Waals surface area contributed by atoms with Crippen LogP contribution in [0.25, 0.3) is 6.08 Å². The number of aromatic hydroxyl groups is 1. The number of halogens is 1. The number of benzene rings is 2. The van der Waals surface area contributed by atoms with E-state index in [2.05, 4.69) is 5.32 Å². The van der Waals surface area contributed by atoms with Crippen molar-refractivity contribution in [3.8, 4) is 17.6 Å². The zero-order valence-corrected chi connectivity index (χ0v) is 12.2. The molecule has 0 bridgehead atoms. The zero-order valence-electron chi connectivity index (χ0n) is 12.2. The largest absolute Gasteiger partial charge is 0.507 e.